The molecule has 3 rings (SSSR count). The molecule has 0 bridgehead atoms. The average Bonchev–Trinajstić information content (AvgIpc) is 2.56. The lowest BCUT2D eigenvalue weighted by Crippen LogP contribution is -2.54. The highest BCUT2D eigenvalue weighted by molar-refractivity contribution is 6.30. The fourth-order valence-electron chi connectivity index (χ4n) is 3.76. The molecule has 0 spiro atoms. The monoisotopic (exact) mass is 308 g/mol. The van der Waals surface area contributed by atoms with Crippen molar-refractivity contribution in [1.29, 1.82) is 0 Å². The lowest BCUT2D eigenvalue weighted by Gasteiger charge is -2.40. The number of benzene rings is 1. The average molecular weight is 309 g/mol. The quantitative estimate of drug-likeness (QED) is 0.921. The molecular formula is C17H25ClN2O. The zero-order valence-corrected chi connectivity index (χ0v) is 13.5. The number of rotatable bonds is 3. The van der Waals surface area contributed by atoms with Crippen LogP contribution in [0.1, 0.15) is 32.1 Å². The summed E-state index contributed by atoms with van der Waals surface area (Å²) in [5.41, 5.74) is 1.13. The van der Waals surface area contributed by atoms with Gasteiger partial charge in [0.1, 0.15) is 5.75 Å². The first-order chi connectivity index (χ1) is 10.3. The van der Waals surface area contributed by atoms with Crippen LogP contribution in [-0.2, 0) is 0 Å². The molecule has 0 amide bonds. The third kappa shape index (κ3) is 3.46. The van der Waals surface area contributed by atoms with Gasteiger partial charge in [0.25, 0.3) is 0 Å². The Morgan fingerprint density at radius 2 is 2.05 bits per heavy atom. The first-order valence-electron chi connectivity index (χ1n) is 8.10. The third-order valence-electron chi connectivity index (χ3n) is 4.91. The van der Waals surface area contributed by atoms with Crippen molar-refractivity contribution in [3.8, 4) is 5.75 Å². The van der Waals surface area contributed by atoms with Gasteiger partial charge in [-0.25, -0.2) is 0 Å². The number of nitrogens with one attached hydrogen (secondary N) is 1. The van der Waals surface area contributed by atoms with Crippen LogP contribution in [0.5, 0.6) is 5.75 Å². The molecule has 2 aliphatic rings. The summed E-state index contributed by atoms with van der Waals surface area (Å²) in [5, 5.41) is 4.50. The fourth-order valence-corrected chi connectivity index (χ4v) is 3.93. The van der Waals surface area contributed by atoms with Crippen molar-refractivity contribution >= 4 is 17.3 Å². The van der Waals surface area contributed by atoms with E-state index in [0.29, 0.717) is 6.04 Å². The molecular weight excluding hydrogens is 284 g/mol. The van der Waals surface area contributed by atoms with E-state index in [9.17, 15) is 0 Å². The summed E-state index contributed by atoms with van der Waals surface area (Å²) in [6, 6.07) is 6.49. The highest BCUT2D eigenvalue weighted by atomic mass is 35.5. The van der Waals surface area contributed by atoms with Crippen LogP contribution in [0.25, 0.3) is 0 Å². The topological polar surface area (TPSA) is 24.5 Å². The van der Waals surface area contributed by atoms with E-state index in [2.05, 4.69) is 10.2 Å². The molecule has 1 aromatic carbocycles. The van der Waals surface area contributed by atoms with Gasteiger partial charge in [0.05, 0.1) is 12.8 Å². The van der Waals surface area contributed by atoms with Crippen LogP contribution < -0.4 is 15.0 Å². The summed E-state index contributed by atoms with van der Waals surface area (Å²) in [6.07, 6.45) is 6.94. The van der Waals surface area contributed by atoms with Crippen LogP contribution in [0.3, 0.4) is 0 Å². The minimum atomic E-state index is 0.600. The van der Waals surface area contributed by atoms with E-state index in [1.54, 1.807) is 7.11 Å². The minimum absolute atomic E-state index is 0.600. The molecule has 1 heterocycles. The largest absolute Gasteiger partial charge is 0.495 e. The molecule has 1 aliphatic heterocycles. The zero-order chi connectivity index (χ0) is 14.7. The van der Waals surface area contributed by atoms with Crippen LogP contribution in [0.2, 0.25) is 5.02 Å². The van der Waals surface area contributed by atoms with E-state index in [-0.39, 0.29) is 0 Å². The van der Waals surface area contributed by atoms with Crippen LogP contribution in [0, 0.1) is 5.92 Å². The summed E-state index contributed by atoms with van der Waals surface area (Å²) >= 11 is 6.18. The maximum Gasteiger partial charge on any atom is 0.142 e. The van der Waals surface area contributed by atoms with E-state index in [4.69, 9.17) is 16.3 Å². The van der Waals surface area contributed by atoms with Crippen molar-refractivity contribution in [1.82, 2.24) is 5.32 Å². The molecule has 2 fully saturated rings. The minimum Gasteiger partial charge on any atom is -0.495 e. The Hall–Kier alpha value is -0.930. The number of hydrogen-bond acceptors (Lipinski definition) is 3. The van der Waals surface area contributed by atoms with Gasteiger partial charge in [0.15, 0.2) is 0 Å². The number of hydrogen-bond donors (Lipinski definition) is 1. The Kier molecular flexibility index (Phi) is 4.91. The van der Waals surface area contributed by atoms with E-state index in [1.807, 2.05) is 18.2 Å². The second kappa shape index (κ2) is 6.89. The molecule has 21 heavy (non-hydrogen) atoms. The number of methoxy groups -OCH3 is 1. The van der Waals surface area contributed by atoms with Crippen LogP contribution in [0.15, 0.2) is 18.2 Å². The van der Waals surface area contributed by atoms with E-state index < -0.39 is 0 Å². The molecule has 0 radical (unpaired) electrons. The van der Waals surface area contributed by atoms with Gasteiger partial charge >= 0.3 is 0 Å². The maximum atomic E-state index is 6.18. The van der Waals surface area contributed by atoms with Gasteiger partial charge in [-0.3, -0.25) is 0 Å². The Morgan fingerprint density at radius 3 is 2.81 bits per heavy atom. The van der Waals surface area contributed by atoms with Crippen molar-refractivity contribution < 1.29 is 4.74 Å². The summed E-state index contributed by atoms with van der Waals surface area (Å²) < 4.78 is 5.51. The highest BCUT2D eigenvalue weighted by Crippen LogP contribution is 2.34. The van der Waals surface area contributed by atoms with Crippen molar-refractivity contribution in [3.63, 3.8) is 0 Å². The first-order valence-corrected chi connectivity index (χ1v) is 8.47. The van der Waals surface area contributed by atoms with Gasteiger partial charge in [-0.05, 0) is 37.0 Å². The van der Waals surface area contributed by atoms with Crippen molar-refractivity contribution in [2.24, 2.45) is 5.92 Å². The second-order valence-electron chi connectivity index (χ2n) is 6.22. The summed E-state index contributed by atoms with van der Waals surface area (Å²) in [5.74, 6) is 1.75. The predicted molar refractivity (Wildman–Crippen MR) is 88.6 cm³/mol. The molecule has 1 saturated heterocycles. The smallest absolute Gasteiger partial charge is 0.142 e. The van der Waals surface area contributed by atoms with Crippen LogP contribution >= 0.6 is 11.6 Å². The van der Waals surface area contributed by atoms with Gasteiger partial charge in [-0.1, -0.05) is 30.9 Å². The molecule has 116 valence electrons. The van der Waals surface area contributed by atoms with E-state index >= 15 is 0 Å². The van der Waals surface area contributed by atoms with E-state index in [1.165, 1.54) is 32.1 Å². The standard InChI is InChI=1S/C17H25ClN2O/c1-21-17-8-7-14(18)11-16(17)20-10-9-19-15(12-20)13-5-3-2-4-6-13/h7-8,11,13,15,19H,2-6,9-10,12H2,1H3. The lowest BCUT2D eigenvalue weighted by molar-refractivity contribution is 0.256. The van der Waals surface area contributed by atoms with Crippen molar-refractivity contribution in [2.45, 2.75) is 38.1 Å². The molecule has 1 atom stereocenters. The van der Waals surface area contributed by atoms with Gasteiger partial charge in [0.2, 0.25) is 0 Å². The van der Waals surface area contributed by atoms with Crippen LogP contribution in [0.4, 0.5) is 5.69 Å². The molecule has 4 heteroatoms. The van der Waals surface area contributed by atoms with Gasteiger partial charge < -0.3 is 15.0 Å². The number of halogens is 1. The summed E-state index contributed by atoms with van der Waals surface area (Å²) in [7, 11) is 1.73. The normalized spacial score (nSPS) is 24.1. The van der Waals surface area contributed by atoms with Crippen molar-refractivity contribution in [2.75, 3.05) is 31.6 Å². The molecule has 1 aliphatic carbocycles. The number of nitrogens with zero attached hydrogens (tertiary/aromatic N) is 1. The molecule has 1 saturated carbocycles. The summed E-state index contributed by atoms with van der Waals surface area (Å²) in [6.45, 7) is 3.11. The van der Waals surface area contributed by atoms with Crippen molar-refractivity contribution in [3.05, 3.63) is 23.2 Å². The van der Waals surface area contributed by atoms with Gasteiger partial charge in [-0.15, -0.1) is 0 Å². The number of anilines is 1. The Bertz CT molecular complexity index is 474. The Labute approximate surface area is 132 Å². The SMILES string of the molecule is COc1ccc(Cl)cc1N1CCNC(C2CCCCC2)C1. The molecule has 1 N–H and O–H groups in total. The van der Waals surface area contributed by atoms with Crippen LogP contribution in [-0.4, -0.2) is 32.8 Å². The molecule has 1 aromatic rings. The Balaban J connectivity index is 1.74. The van der Waals surface area contributed by atoms with E-state index in [0.717, 1.165) is 42.0 Å². The fraction of sp³-hybridized carbons (Fsp3) is 0.647. The third-order valence-corrected chi connectivity index (χ3v) is 5.14. The molecule has 1 unspecified atom stereocenters. The first kappa shape index (κ1) is 15.0. The molecule has 3 nitrogen and oxygen atoms in total. The van der Waals surface area contributed by atoms with Gasteiger partial charge in [-0.2, -0.15) is 0 Å². The second-order valence-corrected chi connectivity index (χ2v) is 6.66. The molecule has 0 aromatic heterocycles. The number of piperazine rings is 1. The predicted octanol–water partition coefficient (Wildman–Crippen LogP) is 3.71. The lowest BCUT2D eigenvalue weighted by atomic mass is 9.83. The summed E-state index contributed by atoms with van der Waals surface area (Å²) in [4.78, 5) is 2.43. The van der Waals surface area contributed by atoms with Gasteiger partial charge in [0, 0.05) is 30.7 Å². The maximum absolute atomic E-state index is 6.18. The number of ether oxygens (including phenoxy) is 1. The Morgan fingerprint density at radius 1 is 1.24 bits per heavy atom. The highest BCUT2D eigenvalue weighted by Gasteiger charge is 2.29. The zero-order valence-electron chi connectivity index (χ0n) is 12.8.